The lowest BCUT2D eigenvalue weighted by Crippen LogP contribution is -2.93. The van der Waals surface area contributed by atoms with Gasteiger partial charge in [0.25, 0.3) is 0 Å². The number of aliphatic imine (C=N–C) groups is 1. The van der Waals surface area contributed by atoms with Crippen molar-refractivity contribution in [2.24, 2.45) is 4.99 Å². The molecule has 116 valence electrons. The zero-order chi connectivity index (χ0) is 15.9. The molecule has 0 aromatic heterocycles. The molecule has 2 aliphatic rings. The van der Waals surface area contributed by atoms with Crippen molar-refractivity contribution in [2.75, 3.05) is 0 Å². The van der Waals surface area contributed by atoms with Gasteiger partial charge in [0.15, 0.2) is 12.1 Å². The van der Waals surface area contributed by atoms with Gasteiger partial charge in [-0.2, -0.15) is 0 Å². The summed E-state index contributed by atoms with van der Waals surface area (Å²) in [5.41, 5.74) is 5.24. The predicted octanol–water partition coefficient (Wildman–Crippen LogP) is 3.20. The maximum absolute atomic E-state index is 5.11. The summed E-state index contributed by atoms with van der Waals surface area (Å²) < 4.78 is 0. The summed E-state index contributed by atoms with van der Waals surface area (Å²) in [4.78, 5) is 6.68. The molecule has 3 aromatic carbocycles. The third-order valence-electron chi connectivity index (χ3n) is 5.16. The van der Waals surface area contributed by atoms with Gasteiger partial charge in [-0.15, -0.1) is 0 Å². The lowest BCUT2D eigenvalue weighted by atomic mass is 10.0. The molecule has 3 aromatic rings. The zero-order valence-electron chi connectivity index (χ0n) is 13.3. The molecule has 1 saturated heterocycles. The van der Waals surface area contributed by atoms with Crippen molar-refractivity contribution in [3.63, 3.8) is 0 Å². The van der Waals surface area contributed by atoms with Gasteiger partial charge in [0.1, 0.15) is 5.71 Å². The molecule has 4 atom stereocenters. The van der Waals surface area contributed by atoms with Crippen LogP contribution < -0.4 is 4.90 Å². The molecule has 0 bridgehead atoms. The average Bonchev–Trinajstić information content (AvgIpc) is 3.28. The van der Waals surface area contributed by atoms with Crippen LogP contribution in [0.25, 0.3) is 0 Å². The van der Waals surface area contributed by atoms with Crippen molar-refractivity contribution in [3.05, 3.63) is 108 Å². The number of quaternary nitrogens is 1. The Morgan fingerprint density at radius 1 is 0.583 bits per heavy atom. The monoisotopic (exact) mass is 311 g/mol. The number of fused-ring (bicyclic) bond motifs is 1. The number of benzene rings is 3. The molecule has 0 spiro atoms. The van der Waals surface area contributed by atoms with Gasteiger partial charge in [-0.1, -0.05) is 91.0 Å². The maximum atomic E-state index is 5.11. The fourth-order valence-corrected chi connectivity index (χ4v) is 4.04. The molecule has 5 rings (SSSR count). The van der Waals surface area contributed by atoms with Crippen LogP contribution in [-0.4, -0.2) is 11.8 Å². The predicted molar refractivity (Wildman–Crippen MR) is 96.1 cm³/mol. The van der Waals surface area contributed by atoms with E-state index in [0.29, 0.717) is 12.1 Å². The Bertz CT molecular complexity index is 872. The van der Waals surface area contributed by atoms with Gasteiger partial charge in [0.05, 0.1) is 0 Å². The minimum atomic E-state index is 0.205. The van der Waals surface area contributed by atoms with E-state index in [4.69, 9.17) is 4.99 Å². The first-order chi connectivity index (χ1) is 11.9. The van der Waals surface area contributed by atoms with E-state index in [0.717, 1.165) is 0 Å². The number of hydrogen-bond acceptors (Lipinski definition) is 1. The number of nitrogens with one attached hydrogen (secondary N) is 1. The third-order valence-corrected chi connectivity index (χ3v) is 5.16. The molecule has 2 nitrogen and oxygen atoms in total. The van der Waals surface area contributed by atoms with Crippen LogP contribution in [-0.2, 0) is 0 Å². The lowest BCUT2D eigenvalue weighted by molar-refractivity contribution is -0.817. The molecule has 0 saturated carbocycles. The largest absolute Gasteiger partial charge is 0.286 e. The van der Waals surface area contributed by atoms with E-state index in [1.165, 1.54) is 22.4 Å². The van der Waals surface area contributed by atoms with Crippen LogP contribution in [0.5, 0.6) is 0 Å². The Kier molecular flexibility index (Phi) is 3.10. The van der Waals surface area contributed by atoms with Gasteiger partial charge in [-0.05, 0) is 0 Å². The van der Waals surface area contributed by atoms with Gasteiger partial charge in [0.2, 0.25) is 6.17 Å². The number of rotatable bonds is 3. The molecule has 2 heterocycles. The van der Waals surface area contributed by atoms with E-state index in [-0.39, 0.29) is 6.17 Å². The molecule has 0 amide bonds. The van der Waals surface area contributed by atoms with Gasteiger partial charge < -0.3 is 0 Å². The first kappa shape index (κ1) is 13.7. The van der Waals surface area contributed by atoms with Crippen molar-refractivity contribution in [1.29, 1.82) is 0 Å². The third kappa shape index (κ3) is 2.11. The Hall–Kier alpha value is -2.71. The van der Waals surface area contributed by atoms with Crippen LogP contribution in [0, 0.1) is 0 Å². The topological polar surface area (TPSA) is 16.8 Å². The molecule has 2 aliphatic heterocycles. The zero-order valence-corrected chi connectivity index (χ0v) is 13.3. The van der Waals surface area contributed by atoms with E-state index < -0.39 is 0 Å². The van der Waals surface area contributed by atoms with Crippen LogP contribution in [0.1, 0.15) is 28.9 Å². The molecule has 0 radical (unpaired) electrons. The van der Waals surface area contributed by atoms with Gasteiger partial charge >= 0.3 is 0 Å². The summed E-state index contributed by atoms with van der Waals surface area (Å²) in [6.45, 7) is 0. The standard InChI is InChI=1S/C22H18N2/c1-4-10-16(11-5-1)19-21-20(17-12-6-2-7-13-17)24(21)22(23-19)18-14-8-3-9-15-18/h1-15,20-22H/p+1/t20-,21+,22-,24?/m1/s1. The second-order valence-electron chi connectivity index (χ2n) is 6.56. The highest BCUT2D eigenvalue weighted by Gasteiger charge is 2.65. The van der Waals surface area contributed by atoms with Crippen molar-refractivity contribution >= 4 is 5.71 Å². The Morgan fingerprint density at radius 2 is 1.12 bits per heavy atom. The summed E-state index contributed by atoms with van der Waals surface area (Å²) in [6, 6.07) is 33.2. The molecule has 1 unspecified atom stereocenters. The summed E-state index contributed by atoms with van der Waals surface area (Å²) in [5.74, 6) is 0. The summed E-state index contributed by atoms with van der Waals surface area (Å²) >= 11 is 0. The molecule has 2 heteroatoms. The highest BCUT2D eigenvalue weighted by atomic mass is 15.5. The molecule has 1 N–H and O–H groups in total. The van der Waals surface area contributed by atoms with E-state index in [9.17, 15) is 0 Å². The lowest BCUT2D eigenvalue weighted by Gasteiger charge is -2.10. The SMILES string of the molecule is c1ccc(C2=N[C@@H](c3ccccc3)[NH+]3[C@H](c4ccccc4)[C@H]23)cc1. The van der Waals surface area contributed by atoms with Gasteiger partial charge in [-0.3, -0.25) is 4.90 Å². The second kappa shape index (κ2) is 5.43. The fraction of sp³-hybridized carbons (Fsp3) is 0.136. The van der Waals surface area contributed by atoms with Crippen LogP contribution in [0.2, 0.25) is 0 Å². The number of hydrogen-bond donors (Lipinski definition) is 1. The van der Waals surface area contributed by atoms with E-state index >= 15 is 0 Å². The van der Waals surface area contributed by atoms with Crippen LogP contribution in [0.15, 0.2) is 96.0 Å². The molecule has 1 fully saturated rings. The van der Waals surface area contributed by atoms with Crippen LogP contribution >= 0.6 is 0 Å². The summed E-state index contributed by atoms with van der Waals surface area (Å²) in [5, 5.41) is 0. The molecule has 0 aliphatic carbocycles. The van der Waals surface area contributed by atoms with Crippen molar-refractivity contribution in [1.82, 2.24) is 0 Å². The molecule has 24 heavy (non-hydrogen) atoms. The average molecular weight is 311 g/mol. The highest BCUT2D eigenvalue weighted by Crippen LogP contribution is 2.36. The van der Waals surface area contributed by atoms with Crippen LogP contribution in [0.4, 0.5) is 0 Å². The normalized spacial score (nSPS) is 27.4. The minimum absolute atomic E-state index is 0.205. The first-order valence-corrected chi connectivity index (χ1v) is 8.53. The Morgan fingerprint density at radius 3 is 1.75 bits per heavy atom. The number of nitrogens with zero attached hydrogens (tertiary/aromatic N) is 1. The maximum Gasteiger partial charge on any atom is 0.209 e. The minimum Gasteiger partial charge on any atom is -0.286 e. The molecular formula is C22H19N2+. The molecular weight excluding hydrogens is 292 g/mol. The van der Waals surface area contributed by atoms with Gasteiger partial charge in [-0.25, -0.2) is 4.99 Å². The Balaban J connectivity index is 1.58. The Labute approximate surface area is 142 Å². The summed E-state index contributed by atoms with van der Waals surface area (Å²) in [7, 11) is 0. The van der Waals surface area contributed by atoms with E-state index in [1.807, 2.05) is 0 Å². The van der Waals surface area contributed by atoms with E-state index in [2.05, 4.69) is 91.0 Å². The smallest absolute Gasteiger partial charge is 0.209 e. The quantitative estimate of drug-likeness (QED) is 0.716. The van der Waals surface area contributed by atoms with E-state index in [1.54, 1.807) is 4.90 Å². The van der Waals surface area contributed by atoms with Crippen molar-refractivity contribution in [2.45, 2.75) is 18.2 Å². The van der Waals surface area contributed by atoms with Crippen LogP contribution in [0.3, 0.4) is 0 Å². The summed E-state index contributed by atoms with van der Waals surface area (Å²) in [6.07, 6.45) is 0.205. The fourth-order valence-electron chi connectivity index (χ4n) is 4.04. The van der Waals surface area contributed by atoms with Crippen molar-refractivity contribution < 1.29 is 4.90 Å². The first-order valence-electron chi connectivity index (χ1n) is 8.53. The second-order valence-corrected chi connectivity index (χ2v) is 6.56. The van der Waals surface area contributed by atoms with Crippen molar-refractivity contribution in [3.8, 4) is 0 Å². The van der Waals surface area contributed by atoms with Gasteiger partial charge in [0, 0.05) is 16.7 Å². The highest BCUT2D eigenvalue weighted by molar-refractivity contribution is 6.06.